The highest BCUT2D eigenvalue weighted by molar-refractivity contribution is 6.05. The summed E-state index contributed by atoms with van der Waals surface area (Å²) in [4.78, 5) is 50.7. The number of para-hydroxylation sites is 1. The number of amides is 2. The number of nitrogens with one attached hydrogen (secondary N) is 2. The van der Waals surface area contributed by atoms with E-state index in [-0.39, 0.29) is 23.2 Å². The standard InChI is InChI=1S/C26H28N4O5/c1-2-15-30-25(33)19-12-6-5-11-18(19)23(29-30)26(34)35-16-22(31)28-21-14-8-7-13-20(21)24(32)27-17-9-3-4-10-17/h5-8,11-14,17H,2-4,9-10,15-16H2,1H3,(H,27,32)(H,28,31). The first-order valence-corrected chi connectivity index (χ1v) is 11.8. The molecule has 3 aromatic rings. The van der Waals surface area contributed by atoms with Crippen LogP contribution in [0.5, 0.6) is 0 Å². The summed E-state index contributed by atoms with van der Waals surface area (Å²) < 4.78 is 6.46. The molecule has 0 saturated heterocycles. The van der Waals surface area contributed by atoms with Crippen LogP contribution in [0.15, 0.2) is 53.3 Å². The lowest BCUT2D eigenvalue weighted by atomic mass is 10.1. The van der Waals surface area contributed by atoms with Crippen LogP contribution >= 0.6 is 0 Å². The zero-order valence-corrected chi connectivity index (χ0v) is 19.6. The van der Waals surface area contributed by atoms with Crippen molar-refractivity contribution in [1.29, 1.82) is 0 Å². The van der Waals surface area contributed by atoms with E-state index in [9.17, 15) is 19.2 Å². The lowest BCUT2D eigenvalue weighted by Gasteiger charge is -2.15. The van der Waals surface area contributed by atoms with Gasteiger partial charge in [-0.2, -0.15) is 5.10 Å². The third-order valence-corrected chi connectivity index (χ3v) is 5.97. The van der Waals surface area contributed by atoms with Gasteiger partial charge in [0.25, 0.3) is 17.4 Å². The number of benzene rings is 2. The van der Waals surface area contributed by atoms with Crippen LogP contribution in [0.25, 0.3) is 10.8 Å². The molecular formula is C26H28N4O5. The van der Waals surface area contributed by atoms with Crippen molar-refractivity contribution in [2.75, 3.05) is 11.9 Å². The Hall–Kier alpha value is -4.01. The summed E-state index contributed by atoms with van der Waals surface area (Å²) in [7, 11) is 0. The summed E-state index contributed by atoms with van der Waals surface area (Å²) in [6, 6.07) is 13.5. The molecule has 9 heteroatoms. The first-order chi connectivity index (χ1) is 17.0. The van der Waals surface area contributed by atoms with Crippen molar-refractivity contribution in [3.8, 4) is 0 Å². The highest BCUT2D eigenvalue weighted by Gasteiger charge is 2.22. The van der Waals surface area contributed by atoms with Crippen molar-refractivity contribution < 1.29 is 19.1 Å². The number of fused-ring (bicyclic) bond motifs is 1. The van der Waals surface area contributed by atoms with Gasteiger partial charge in [-0.05, 0) is 37.5 Å². The Kier molecular flexibility index (Phi) is 7.54. The average molecular weight is 477 g/mol. The van der Waals surface area contributed by atoms with Gasteiger partial charge in [0, 0.05) is 18.0 Å². The van der Waals surface area contributed by atoms with Crippen LogP contribution in [0.1, 0.15) is 59.9 Å². The molecule has 35 heavy (non-hydrogen) atoms. The van der Waals surface area contributed by atoms with E-state index in [1.807, 2.05) is 6.92 Å². The van der Waals surface area contributed by atoms with Gasteiger partial charge in [-0.25, -0.2) is 9.48 Å². The van der Waals surface area contributed by atoms with Crippen LogP contribution in [0.4, 0.5) is 5.69 Å². The number of esters is 1. The molecule has 0 bridgehead atoms. The van der Waals surface area contributed by atoms with Crippen molar-refractivity contribution in [1.82, 2.24) is 15.1 Å². The molecule has 2 N–H and O–H groups in total. The van der Waals surface area contributed by atoms with Crippen LogP contribution in [0.2, 0.25) is 0 Å². The van der Waals surface area contributed by atoms with Gasteiger partial charge < -0.3 is 15.4 Å². The summed E-state index contributed by atoms with van der Waals surface area (Å²) in [6.45, 7) is 1.68. The summed E-state index contributed by atoms with van der Waals surface area (Å²) in [5.74, 6) is -1.65. The Morgan fingerprint density at radius 1 is 1.03 bits per heavy atom. The summed E-state index contributed by atoms with van der Waals surface area (Å²) in [5, 5.41) is 10.6. The fourth-order valence-corrected chi connectivity index (χ4v) is 4.26. The van der Waals surface area contributed by atoms with Gasteiger partial charge in [0.05, 0.1) is 16.6 Å². The molecule has 4 rings (SSSR count). The lowest BCUT2D eigenvalue weighted by Crippen LogP contribution is -2.33. The highest BCUT2D eigenvalue weighted by Crippen LogP contribution is 2.20. The molecule has 0 unspecified atom stereocenters. The van der Waals surface area contributed by atoms with E-state index in [0.717, 1.165) is 25.7 Å². The number of hydrogen-bond donors (Lipinski definition) is 2. The number of carbonyl (C=O) groups excluding carboxylic acids is 3. The molecule has 1 heterocycles. The minimum Gasteiger partial charge on any atom is -0.451 e. The summed E-state index contributed by atoms with van der Waals surface area (Å²) in [5.41, 5.74) is 0.365. The van der Waals surface area contributed by atoms with Gasteiger partial charge in [-0.1, -0.05) is 50.1 Å². The largest absolute Gasteiger partial charge is 0.451 e. The highest BCUT2D eigenvalue weighted by atomic mass is 16.5. The van der Waals surface area contributed by atoms with Gasteiger partial charge in [-0.15, -0.1) is 0 Å². The first kappa shape index (κ1) is 24.1. The Morgan fingerprint density at radius 3 is 2.46 bits per heavy atom. The van der Waals surface area contributed by atoms with Crippen LogP contribution in [-0.2, 0) is 16.1 Å². The van der Waals surface area contributed by atoms with E-state index in [0.29, 0.717) is 35.0 Å². The second kappa shape index (κ2) is 10.9. The van der Waals surface area contributed by atoms with E-state index < -0.39 is 18.5 Å². The zero-order valence-electron chi connectivity index (χ0n) is 19.6. The van der Waals surface area contributed by atoms with Crippen LogP contribution in [0.3, 0.4) is 0 Å². The Labute approximate surface area is 202 Å². The lowest BCUT2D eigenvalue weighted by molar-refractivity contribution is -0.119. The molecule has 0 atom stereocenters. The molecule has 2 amide bonds. The van der Waals surface area contributed by atoms with Crippen molar-refractivity contribution in [2.24, 2.45) is 0 Å². The molecule has 0 spiro atoms. The molecule has 1 aliphatic carbocycles. The number of carbonyl (C=O) groups is 3. The molecule has 1 saturated carbocycles. The molecule has 1 aliphatic rings. The van der Waals surface area contributed by atoms with Crippen molar-refractivity contribution in [3.05, 3.63) is 70.1 Å². The van der Waals surface area contributed by atoms with E-state index in [1.54, 1.807) is 48.5 Å². The second-order valence-corrected chi connectivity index (χ2v) is 8.55. The van der Waals surface area contributed by atoms with Gasteiger partial charge in [-0.3, -0.25) is 14.4 Å². The fraction of sp³-hybridized carbons (Fsp3) is 0.346. The van der Waals surface area contributed by atoms with Crippen LogP contribution in [0, 0.1) is 0 Å². The zero-order chi connectivity index (χ0) is 24.8. The molecule has 1 aromatic heterocycles. The monoisotopic (exact) mass is 476 g/mol. The Morgan fingerprint density at radius 2 is 1.71 bits per heavy atom. The van der Waals surface area contributed by atoms with E-state index in [1.165, 1.54) is 4.68 Å². The maximum Gasteiger partial charge on any atom is 0.359 e. The minimum atomic E-state index is -0.812. The SMILES string of the molecule is CCCn1nc(C(=O)OCC(=O)Nc2ccccc2C(=O)NC2CCCC2)c2ccccc2c1=O. The number of aryl methyl sites for hydroxylation is 1. The molecule has 1 fully saturated rings. The van der Waals surface area contributed by atoms with Gasteiger partial charge in [0.15, 0.2) is 12.3 Å². The third kappa shape index (κ3) is 5.56. The fourth-order valence-electron chi connectivity index (χ4n) is 4.26. The maximum atomic E-state index is 12.8. The Balaban J connectivity index is 1.45. The topological polar surface area (TPSA) is 119 Å². The number of anilines is 1. The van der Waals surface area contributed by atoms with Gasteiger partial charge in [0.2, 0.25) is 0 Å². The molecule has 0 aliphatic heterocycles. The number of aromatic nitrogens is 2. The molecule has 9 nitrogen and oxygen atoms in total. The van der Waals surface area contributed by atoms with Crippen LogP contribution in [-0.4, -0.2) is 40.2 Å². The van der Waals surface area contributed by atoms with Crippen molar-refractivity contribution in [3.63, 3.8) is 0 Å². The summed E-state index contributed by atoms with van der Waals surface area (Å²) in [6.07, 6.45) is 4.74. The van der Waals surface area contributed by atoms with E-state index in [4.69, 9.17) is 4.74 Å². The maximum absolute atomic E-state index is 12.8. The Bertz CT molecular complexity index is 1310. The van der Waals surface area contributed by atoms with E-state index >= 15 is 0 Å². The third-order valence-electron chi connectivity index (χ3n) is 5.97. The normalized spacial score (nSPS) is 13.5. The van der Waals surface area contributed by atoms with Crippen molar-refractivity contribution >= 4 is 34.2 Å². The predicted octanol–water partition coefficient (Wildman–Crippen LogP) is 3.27. The summed E-state index contributed by atoms with van der Waals surface area (Å²) >= 11 is 0. The van der Waals surface area contributed by atoms with Gasteiger partial charge >= 0.3 is 5.97 Å². The minimum absolute atomic E-state index is 0.0298. The number of rotatable bonds is 8. The number of hydrogen-bond acceptors (Lipinski definition) is 6. The second-order valence-electron chi connectivity index (χ2n) is 8.55. The average Bonchev–Trinajstić information content (AvgIpc) is 3.38. The molecular weight excluding hydrogens is 448 g/mol. The predicted molar refractivity (Wildman–Crippen MR) is 131 cm³/mol. The van der Waals surface area contributed by atoms with Gasteiger partial charge in [0.1, 0.15) is 0 Å². The number of nitrogens with zero attached hydrogens (tertiary/aromatic N) is 2. The first-order valence-electron chi connectivity index (χ1n) is 11.8. The molecule has 0 radical (unpaired) electrons. The molecule has 182 valence electrons. The number of ether oxygens (including phenoxy) is 1. The quantitative estimate of drug-likeness (QED) is 0.482. The van der Waals surface area contributed by atoms with Crippen LogP contribution < -0.4 is 16.2 Å². The van der Waals surface area contributed by atoms with Crippen molar-refractivity contribution in [2.45, 2.75) is 51.6 Å². The smallest absolute Gasteiger partial charge is 0.359 e. The molecule has 2 aromatic carbocycles. The van der Waals surface area contributed by atoms with E-state index in [2.05, 4.69) is 15.7 Å².